The fourth-order valence-corrected chi connectivity index (χ4v) is 3.05. The number of hydrogen-bond acceptors (Lipinski definition) is 5. The Labute approximate surface area is 133 Å². The summed E-state index contributed by atoms with van der Waals surface area (Å²) in [5.41, 5.74) is 1.37. The summed E-state index contributed by atoms with van der Waals surface area (Å²) < 4.78 is 4.95. The van der Waals surface area contributed by atoms with E-state index in [0.717, 1.165) is 15.7 Å². The number of esters is 1. The van der Waals surface area contributed by atoms with Crippen molar-refractivity contribution in [2.24, 2.45) is 0 Å². The molecule has 1 aromatic heterocycles. The van der Waals surface area contributed by atoms with Crippen LogP contribution in [0.25, 0.3) is 0 Å². The monoisotopic (exact) mass is 324 g/mol. The average Bonchev–Trinajstić information content (AvgIpc) is 2.96. The number of anilines is 1. The minimum absolute atomic E-state index is 0.0555. The summed E-state index contributed by atoms with van der Waals surface area (Å²) >= 11 is 7.64. The van der Waals surface area contributed by atoms with E-state index in [1.807, 2.05) is 43.1 Å². The van der Waals surface area contributed by atoms with Crippen LogP contribution < -0.4 is 4.90 Å². The number of rotatable bonds is 5. The number of carbonyl (C=O) groups excluding carboxylic acids is 1. The van der Waals surface area contributed by atoms with Gasteiger partial charge in [0, 0.05) is 17.5 Å². The largest absolute Gasteiger partial charge is 0.461 e. The summed E-state index contributed by atoms with van der Waals surface area (Å²) in [5, 5.41) is 3.19. The lowest BCUT2D eigenvalue weighted by Gasteiger charge is -2.25. The Morgan fingerprint density at radius 2 is 2.19 bits per heavy atom. The molecule has 1 heterocycles. The van der Waals surface area contributed by atoms with Crippen molar-refractivity contribution >= 4 is 34.0 Å². The zero-order valence-electron chi connectivity index (χ0n) is 12.2. The predicted octanol–water partition coefficient (Wildman–Crippen LogP) is 4.17. The highest BCUT2D eigenvalue weighted by atomic mass is 35.5. The minimum Gasteiger partial charge on any atom is -0.461 e. The molecule has 0 aliphatic rings. The van der Waals surface area contributed by atoms with E-state index >= 15 is 0 Å². The van der Waals surface area contributed by atoms with Crippen LogP contribution in [0.3, 0.4) is 0 Å². The van der Waals surface area contributed by atoms with Crippen LogP contribution in [0.1, 0.15) is 35.9 Å². The van der Waals surface area contributed by atoms with Crippen molar-refractivity contribution in [2.45, 2.75) is 19.9 Å². The van der Waals surface area contributed by atoms with Gasteiger partial charge < -0.3 is 9.64 Å². The summed E-state index contributed by atoms with van der Waals surface area (Å²) in [6.45, 7) is 4.17. The molecule has 0 aliphatic carbocycles. The number of nitrogens with zero attached hydrogens (tertiary/aromatic N) is 2. The Hall–Kier alpha value is -1.59. The molecule has 1 atom stereocenters. The first kappa shape index (κ1) is 15.8. The van der Waals surface area contributed by atoms with E-state index < -0.39 is 5.97 Å². The molecule has 0 radical (unpaired) electrons. The second kappa shape index (κ2) is 6.91. The number of carbonyl (C=O) groups is 1. The summed E-state index contributed by atoms with van der Waals surface area (Å²) in [4.78, 5) is 18.0. The van der Waals surface area contributed by atoms with Gasteiger partial charge in [0.15, 0.2) is 10.8 Å². The van der Waals surface area contributed by atoms with Gasteiger partial charge in [-0.2, -0.15) is 0 Å². The van der Waals surface area contributed by atoms with E-state index in [1.165, 1.54) is 11.3 Å². The zero-order valence-corrected chi connectivity index (χ0v) is 13.7. The average molecular weight is 325 g/mol. The Balaban J connectivity index is 2.18. The maximum atomic E-state index is 11.7. The molecule has 0 saturated carbocycles. The molecule has 0 spiro atoms. The summed E-state index contributed by atoms with van der Waals surface area (Å²) in [7, 11) is 1.93. The van der Waals surface area contributed by atoms with E-state index in [9.17, 15) is 4.79 Å². The molecule has 4 nitrogen and oxygen atoms in total. The highest BCUT2D eigenvalue weighted by molar-refractivity contribution is 7.13. The van der Waals surface area contributed by atoms with Crippen LogP contribution >= 0.6 is 22.9 Å². The lowest BCUT2D eigenvalue weighted by molar-refractivity contribution is 0.0520. The molecule has 2 rings (SSSR count). The lowest BCUT2D eigenvalue weighted by Crippen LogP contribution is -2.22. The SMILES string of the molecule is CCOC(=O)c1csc(N(C)C(C)c2ccccc2Cl)n1. The molecule has 21 heavy (non-hydrogen) atoms. The van der Waals surface area contributed by atoms with Crippen LogP contribution in [0.15, 0.2) is 29.6 Å². The Morgan fingerprint density at radius 1 is 1.48 bits per heavy atom. The van der Waals surface area contributed by atoms with Crippen molar-refractivity contribution in [3.05, 3.63) is 45.9 Å². The van der Waals surface area contributed by atoms with Crippen molar-refractivity contribution in [3.8, 4) is 0 Å². The molecule has 0 N–H and O–H groups in total. The number of aromatic nitrogens is 1. The molecular formula is C15H17ClN2O2S. The van der Waals surface area contributed by atoms with E-state index in [2.05, 4.69) is 4.98 Å². The van der Waals surface area contributed by atoms with Gasteiger partial charge in [0.05, 0.1) is 12.6 Å². The topological polar surface area (TPSA) is 42.4 Å². The van der Waals surface area contributed by atoms with Gasteiger partial charge in [0.25, 0.3) is 0 Å². The van der Waals surface area contributed by atoms with Gasteiger partial charge in [-0.1, -0.05) is 29.8 Å². The quantitative estimate of drug-likeness (QED) is 0.774. The third-order valence-corrected chi connectivity index (χ3v) is 4.49. The molecule has 1 aromatic carbocycles. The van der Waals surface area contributed by atoms with Gasteiger partial charge in [-0.3, -0.25) is 0 Å². The fourth-order valence-electron chi connectivity index (χ4n) is 1.91. The third kappa shape index (κ3) is 3.54. The van der Waals surface area contributed by atoms with Gasteiger partial charge in [0.2, 0.25) is 0 Å². The molecule has 2 aromatic rings. The van der Waals surface area contributed by atoms with E-state index in [-0.39, 0.29) is 6.04 Å². The van der Waals surface area contributed by atoms with Crippen LogP contribution in [0, 0.1) is 0 Å². The zero-order chi connectivity index (χ0) is 15.4. The molecule has 6 heteroatoms. The smallest absolute Gasteiger partial charge is 0.357 e. The molecule has 0 saturated heterocycles. The third-order valence-electron chi connectivity index (χ3n) is 3.21. The first-order valence-corrected chi connectivity index (χ1v) is 7.90. The Bertz CT molecular complexity index is 630. The van der Waals surface area contributed by atoms with Crippen LogP contribution in [-0.2, 0) is 4.74 Å². The van der Waals surface area contributed by atoms with Crippen LogP contribution in [0.2, 0.25) is 5.02 Å². The van der Waals surface area contributed by atoms with Crippen molar-refractivity contribution in [1.29, 1.82) is 0 Å². The van der Waals surface area contributed by atoms with Crippen molar-refractivity contribution < 1.29 is 9.53 Å². The highest BCUT2D eigenvalue weighted by Crippen LogP contribution is 2.31. The molecule has 0 bridgehead atoms. The summed E-state index contributed by atoms with van der Waals surface area (Å²) in [6, 6.07) is 7.77. The number of ether oxygens (including phenoxy) is 1. The molecule has 0 fully saturated rings. The fraction of sp³-hybridized carbons (Fsp3) is 0.333. The first-order chi connectivity index (χ1) is 10.0. The van der Waals surface area contributed by atoms with Gasteiger partial charge in [-0.25, -0.2) is 9.78 Å². The molecule has 1 unspecified atom stereocenters. The van der Waals surface area contributed by atoms with Crippen molar-refractivity contribution in [1.82, 2.24) is 4.98 Å². The van der Waals surface area contributed by atoms with Gasteiger partial charge in [-0.05, 0) is 25.5 Å². The standard InChI is InChI=1S/C15H17ClN2O2S/c1-4-20-14(19)13-9-21-15(17-13)18(3)10(2)11-7-5-6-8-12(11)16/h5-10H,4H2,1-3H3. The first-order valence-electron chi connectivity index (χ1n) is 6.64. The number of halogens is 1. The number of hydrogen-bond donors (Lipinski definition) is 0. The summed E-state index contributed by atoms with van der Waals surface area (Å²) in [5.74, 6) is -0.390. The molecule has 112 valence electrons. The van der Waals surface area contributed by atoms with Crippen molar-refractivity contribution in [2.75, 3.05) is 18.6 Å². The van der Waals surface area contributed by atoms with Crippen LogP contribution in [0.4, 0.5) is 5.13 Å². The van der Waals surface area contributed by atoms with Crippen LogP contribution in [-0.4, -0.2) is 24.6 Å². The van der Waals surface area contributed by atoms with Crippen LogP contribution in [0.5, 0.6) is 0 Å². The maximum absolute atomic E-state index is 11.7. The maximum Gasteiger partial charge on any atom is 0.357 e. The Morgan fingerprint density at radius 3 is 2.86 bits per heavy atom. The molecular weight excluding hydrogens is 308 g/mol. The summed E-state index contributed by atoms with van der Waals surface area (Å²) in [6.07, 6.45) is 0. The number of benzene rings is 1. The van der Waals surface area contributed by atoms with Gasteiger partial charge in [0.1, 0.15) is 0 Å². The van der Waals surface area contributed by atoms with E-state index in [4.69, 9.17) is 16.3 Å². The molecule has 0 amide bonds. The molecule has 0 aliphatic heterocycles. The van der Waals surface area contributed by atoms with Gasteiger partial charge in [-0.15, -0.1) is 11.3 Å². The van der Waals surface area contributed by atoms with Gasteiger partial charge >= 0.3 is 5.97 Å². The van der Waals surface area contributed by atoms with Crippen molar-refractivity contribution in [3.63, 3.8) is 0 Å². The van der Waals surface area contributed by atoms with E-state index in [0.29, 0.717) is 12.3 Å². The minimum atomic E-state index is -0.390. The highest BCUT2D eigenvalue weighted by Gasteiger charge is 2.19. The second-order valence-electron chi connectivity index (χ2n) is 4.54. The lowest BCUT2D eigenvalue weighted by atomic mass is 10.1. The number of thiazole rings is 1. The normalized spacial score (nSPS) is 12.0. The van der Waals surface area contributed by atoms with E-state index in [1.54, 1.807) is 12.3 Å². The Kier molecular flexibility index (Phi) is 5.20. The predicted molar refractivity (Wildman–Crippen MR) is 86.3 cm³/mol. The second-order valence-corrected chi connectivity index (χ2v) is 5.79.